The molecule has 0 spiro atoms. The molecule has 1 aromatic heterocycles. The molecular formula is C28H33FN2O5. The molecule has 1 amide bonds. The van der Waals surface area contributed by atoms with E-state index < -0.39 is 24.1 Å². The molecule has 3 aromatic rings. The van der Waals surface area contributed by atoms with Crippen LogP contribution in [0.4, 0.5) is 4.39 Å². The van der Waals surface area contributed by atoms with Gasteiger partial charge in [-0.2, -0.15) is 0 Å². The minimum absolute atomic E-state index is 0.00647. The number of benzene rings is 2. The molecule has 0 bridgehead atoms. The number of methoxy groups -OCH3 is 1. The monoisotopic (exact) mass is 496 g/mol. The van der Waals surface area contributed by atoms with Crippen LogP contribution in [0.25, 0.3) is 22.4 Å². The van der Waals surface area contributed by atoms with E-state index in [-0.39, 0.29) is 31.0 Å². The molecule has 0 fully saturated rings. The highest BCUT2D eigenvalue weighted by Gasteiger charge is 2.29. The maximum atomic E-state index is 13.8. The largest absolute Gasteiger partial charge is 0.469 e. The molecule has 0 aliphatic rings. The molecule has 0 aliphatic carbocycles. The summed E-state index contributed by atoms with van der Waals surface area (Å²) < 4.78 is 20.3. The molecule has 0 saturated carbocycles. The lowest BCUT2D eigenvalue weighted by Gasteiger charge is -2.20. The molecule has 0 radical (unpaired) electrons. The summed E-state index contributed by atoms with van der Waals surface area (Å²) in [6.07, 6.45) is -1.93. The van der Waals surface area contributed by atoms with Crippen molar-refractivity contribution in [2.45, 2.75) is 57.8 Å². The van der Waals surface area contributed by atoms with Crippen LogP contribution in [-0.4, -0.2) is 46.0 Å². The Kier molecular flexibility index (Phi) is 9.01. The molecule has 192 valence electrons. The zero-order valence-electron chi connectivity index (χ0n) is 20.8. The lowest BCUT2D eigenvalue weighted by Crippen LogP contribution is -2.23. The number of carbonyl (C=O) groups is 2. The Morgan fingerprint density at radius 1 is 1.00 bits per heavy atom. The van der Waals surface area contributed by atoms with Crippen molar-refractivity contribution in [1.29, 1.82) is 0 Å². The van der Waals surface area contributed by atoms with Gasteiger partial charge in [0.25, 0.3) is 5.91 Å². The van der Waals surface area contributed by atoms with Crippen LogP contribution in [0.15, 0.2) is 54.6 Å². The van der Waals surface area contributed by atoms with Crippen molar-refractivity contribution in [1.82, 2.24) is 4.57 Å². The quantitative estimate of drug-likeness (QED) is 0.344. The van der Waals surface area contributed by atoms with E-state index in [1.807, 2.05) is 48.7 Å². The second-order valence-electron chi connectivity index (χ2n) is 9.14. The molecule has 4 N–H and O–H groups in total. The standard InChI is InChI=1S/C28H33FN2O5/c1-17(2)26-25(28(30)35)24(18-7-5-4-6-8-18)27(19-9-11-20(29)12-10-19)31(26)14-13-21(32)15-22(33)16-23(34)36-3/h4-12,17,21-22,32-33H,13-16H2,1-3H3,(H2,30,35)/t21-,22-/m1/s1. The van der Waals surface area contributed by atoms with Crippen LogP contribution < -0.4 is 5.73 Å². The van der Waals surface area contributed by atoms with Gasteiger partial charge < -0.3 is 25.3 Å². The van der Waals surface area contributed by atoms with Gasteiger partial charge in [0.2, 0.25) is 0 Å². The van der Waals surface area contributed by atoms with Crippen molar-refractivity contribution in [2.24, 2.45) is 5.73 Å². The third-order valence-electron chi connectivity index (χ3n) is 6.14. The molecule has 7 nitrogen and oxygen atoms in total. The summed E-state index contributed by atoms with van der Waals surface area (Å²) >= 11 is 0. The average Bonchev–Trinajstić information content (AvgIpc) is 3.19. The fourth-order valence-electron chi connectivity index (χ4n) is 4.58. The van der Waals surface area contributed by atoms with Crippen molar-refractivity contribution in [3.05, 3.63) is 71.7 Å². The van der Waals surface area contributed by atoms with Gasteiger partial charge in [0.15, 0.2) is 0 Å². The van der Waals surface area contributed by atoms with Crippen LogP contribution >= 0.6 is 0 Å². The minimum atomic E-state index is -1.04. The van der Waals surface area contributed by atoms with Gasteiger partial charge in [0, 0.05) is 17.8 Å². The number of aromatic nitrogens is 1. The van der Waals surface area contributed by atoms with Gasteiger partial charge in [-0.1, -0.05) is 44.2 Å². The fraction of sp³-hybridized carbons (Fsp3) is 0.357. The smallest absolute Gasteiger partial charge is 0.308 e. The van der Waals surface area contributed by atoms with E-state index in [0.717, 1.165) is 5.56 Å². The van der Waals surface area contributed by atoms with E-state index >= 15 is 0 Å². The Hall–Kier alpha value is -3.49. The number of hydrogen-bond donors (Lipinski definition) is 3. The summed E-state index contributed by atoms with van der Waals surface area (Å²) in [6, 6.07) is 15.4. The second kappa shape index (κ2) is 12.0. The predicted molar refractivity (Wildman–Crippen MR) is 136 cm³/mol. The third kappa shape index (κ3) is 6.19. The molecule has 36 heavy (non-hydrogen) atoms. The molecule has 2 atom stereocenters. The summed E-state index contributed by atoms with van der Waals surface area (Å²) in [6.45, 7) is 4.22. The first-order valence-electron chi connectivity index (χ1n) is 11.9. The van der Waals surface area contributed by atoms with Crippen LogP contribution in [0.1, 0.15) is 55.1 Å². The van der Waals surface area contributed by atoms with Gasteiger partial charge in [-0.3, -0.25) is 9.59 Å². The number of esters is 1. The zero-order valence-corrected chi connectivity index (χ0v) is 20.8. The third-order valence-corrected chi connectivity index (χ3v) is 6.14. The van der Waals surface area contributed by atoms with E-state index in [4.69, 9.17) is 5.73 Å². The van der Waals surface area contributed by atoms with E-state index in [9.17, 15) is 24.2 Å². The number of nitrogens with zero attached hydrogens (tertiary/aromatic N) is 1. The highest BCUT2D eigenvalue weighted by atomic mass is 19.1. The first-order chi connectivity index (χ1) is 17.1. The summed E-state index contributed by atoms with van der Waals surface area (Å²) in [4.78, 5) is 24.2. The van der Waals surface area contributed by atoms with Gasteiger partial charge in [0.1, 0.15) is 5.82 Å². The van der Waals surface area contributed by atoms with E-state index in [2.05, 4.69) is 4.74 Å². The highest BCUT2D eigenvalue weighted by molar-refractivity contribution is 6.05. The van der Waals surface area contributed by atoms with Crippen LogP contribution in [0, 0.1) is 5.82 Å². The normalized spacial score (nSPS) is 13.0. The molecule has 0 aliphatic heterocycles. The number of aliphatic hydroxyl groups excluding tert-OH is 2. The average molecular weight is 497 g/mol. The number of amides is 1. The second-order valence-corrected chi connectivity index (χ2v) is 9.14. The zero-order chi connectivity index (χ0) is 26.4. The van der Waals surface area contributed by atoms with Crippen molar-refractivity contribution in [3.8, 4) is 22.4 Å². The van der Waals surface area contributed by atoms with Gasteiger partial charge in [-0.25, -0.2) is 4.39 Å². The Balaban J connectivity index is 2.12. The van der Waals surface area contributed by atoms with Gasteiger partial charge >= 0.3 is 5.97 Å². The molecular weight excluding hydrogens is 463 g/mol. The summed E-state index contributed by atoms with van der Waals surface area (Å²) in [5.41, 5.74) is 9.85. The maximum Gasteiger partial charge on any atom is 0.308 e. The predicted octanol–water partition coefficient (Wildman–Crippen LogP) is 4.25. The Morgan fingerprint density at radius 3 is 2.19 bits per heavy atom. The summed E-state index contributed by atoms with van der Waals surface area (Å²) in [5, 5.41) is 20.8. The van der Waals surface area contributed by atoms with E-state index in [1.54, 1.807) is 12.1 Å². The minimum Gasteiger partial charge on any atom is -0.469 e. The van der Waals surface area contributed by atoms with Crippen LogP contribution in [0.2, 0.25) is 0 Å². The molecule has 2 aromatic carbocycles. The van der Waals surface area contributed by atoms with Crippen LogP contribution in [-0.2, 0) is 16.1 Å². The number of hydrogen-bond acceptors (Lipinski definition) is 5. The molecule has 3 rings (SSSR count). The van der Waals surface area contributed by atoms with Gasteiger partial charge in [-0.15, -0.1) is 0 Å². The highest BCUT2D eigenvalue weighted by Crippen LogP contribution is 2.42. The van der Waals surface area contributed by atoms with Crippen molar-refractivity contribution < 1.29 is 28.9 Å². The van der Waals surface area contributed by atoms with E-state index in [0.29, 0.717) is 34.6 Å². The number of carbonyl (C=O) groups excluding carboxylic acids is 2. The van der Waals surface area contributed by atoms with Crippen molar-refractivity contribution >= 4 is 11.9 Å². The number of ether oxygens (including phenoxy) is 1. The van der Waals surface area contributed by atoms with E-state index in [1.165, 1.54) is 19.2 Å². The lowest BCUT2D eigenvalue weighted by molar-refractivity contribution is -0.143. The Labute approximate surface area is 210 Å². The number of rotatable bonds is 11. The SMILES string of the molecule is COC(=O)C[C@H](O)C[C@H](O)CCn1c(-c2ccc(F)cc2)c(-c2ccccc2)c(C(N)=O)c1C(C)C. The van der Waals surface area contributed by atoms with Crippen LogP contribution in [0.5, 0.6) is 0 Å². The number of halogens is 1. The lowest BCUT2D eigenvalue weighted by atomic mass is 9.94. The maximum absolute atomic E-state index is 13.8. The van der Waals surface area contributed by atoms with Crippen molar-refractivity contribution in [2.75, 3.05) is 7.11 Å². The molecule has 0 unspecified atom stereocenters. The topological polar surface area (TPSA) is 115 Å². The van der Waals surface area contributed by atoms with Crippen molar-refractivity contribution in [3.63, 3.8) is 0 Å². The first kappa shape index (κ1) is 27.1. The molecule has 8 heteroatoms. The van der Waals surface area contributed by atoms with Gasteiger partial charge in [-0.05, 0) is 54.2 Å². The Morgan fingerprint density at radius 2 is 1.64 bits per heavy atom. The van der Waals surface area contributed by atoms with Gasteiger partial charge in [0.05, 0.1) is 37.0 Å². The first-order valence-corrected chi connectivity index (χ1v) is 11.9. The molecule has 1 heterocycles. The van der Waals surface area contributed by atoms with Crippen LogP contribution in [0.3, 0.4) is 0 Å². The molecule has 0 saturated heterocycles. The number of nitrogens with two attached hydrogens (primary N) is 1. The number of aliphatic hydroxyl groups is 2. The summed E-state index contributed by atoms with van der Waals surface area (Å²) in [7, 11) is 1.24. The fourth-order valence-corrected chi connectivity index (χ4v) is 4.58. The Bertz CT molecular complexity index is 1190. The summed E-state index contributed by atoms with van der Waals surface area (Å²) in [5.74, 6) is -1.60. The number of primary amides is 1.